The summed E-state index contributed by atoms with van der Waals surface area (Å²) in [6.07, 6.45) is 9.17. The summed E-state index contributed by atoms with van der Waals surface area (Å²) in [7, 11) is 0. The van der Waals surface area contributed by atoms with Crippen molar-refractivity contribution >= 4 is 11.9 Å². The molecule has 160 valence electrons. The van der Waals surface area contributed by atoms with Gasteiger partial charge in [0.05, 0.1) is 0 Å². The average molecular weight is 406 g/mol. The number of nitrogens with one attached hydrogen (secondary N) is 1. The maximum absolute atomic E-state index is 14.0. The summed E-state index contributed by atoms with van der Waals surface area (Å²) in [5.41, 5.74) is 0.847. The lowest BCUT2D eigenvalue weighted by Gasteiger charge is -2.33. The lowest BCUT2D eigenvalue weighted by atomic mass is 9.88. The van der Waals surface area contributed by atoms with Gasteiger partial charge in [0.2, 0.25) is 0 Å². The monoisotopic (exact) mass is 406 g/mol. The quantitative estimate of drug-likeness (QED) is 0.602. The third-order valence-electron chi connectivity index (χ3n) is 5.47. The highest BCUT2D eigenvalue weighted by molar-refractivity contribution is 5.89. The lowest BCUT2D eigenvalue weighted by Crippen LogP contribution is -2.40. The molecular weight excluding hydrogens is 375 g/mol. The molecule has 0 bridgehead atoms. The molecule has 1 saturated heterocycles. The van der Waals surface area contributed by atoms with Crippen molar-refractivity contribution in [1.29, 1.82) is 0 Å². The van der Waals surface area contributed by atoms with E-state index < -0.39 is 11.9 Å². The Morgan fingerprint density at radius 1 is 1.07 bits per heavy atom. The van der Waals surface area contributed by atoms with Gasteiger partial charge in [0, 0.05) is 43.4 Å². The van der Waals surface area contributed by atoms with Crippen LogP contribution in [0.1, 0.15) is 44.1 Å². The molecule has 1 aliphatic carbocycles. The fourth-order valence-corrected chi connectivity index (χ4v) is 3.98. The van der Waals surface area contributed by atoms with Gasteiger partial charge in [-0.1, -0.05) is 37.5 Å². The van der Waals surface area contributed by atoms with Crippen molar-refractivity contribution in [1.82, 2.24) is 10.2 Å². The van der Waals surface area contributed by atoms with Gasteiger partial charge in [-0.3, -0.25) is 4.90 Å². The van der Waals surface area contributed by atoms with Crippen LogP contribution in [-0.2, 0) is 16.1 Å². The first kappa shape index (κ1) is 23.0. The van der Waals surface area contributed by atoms with E-state index in [1.165, 1.54) is 38.5 Å². The summed E-state index contributed by atoms with van der Waals surface area (Å²) in [5.74, 6) is -1.76. The number of nitrogens with zero attached hydrogens (tertiary/aromatic N) is 1. The van der Waals surface area contributed by atoms with Gasteiger partial charge < -0.3 is 15.5 Å². The predicted molar refractivity (Wildman–Crippen MR) is 109 cm³/mol. The Morgan fingerprint density at radius 2 is 1.72 bits per heavy atom. The molecule has 1 atom stereocenters. The third-order valence-corrected chi connectivity index (χ3v) is 5.47. The highest BCUT2D eigenvalue weighted by Gasteiger charge is 2.26. The Balaban J connectivity index is 0.000000321. The average Bonchev–Trinajstić information content (AvgIpc) is 3.24. The van der Waals surface area contributed by atoms with Crippen molar-refractivity contribution in [3.05, 3.63) is 47.8 Å². The van der Waals surface area contributed by atoms with Gasteiger partial charge in [-0.2, -0.15) is 0 Å². The van der Waals surface area contributed by atoms with E-state index >= 15 is 0 Å². The standard InChI is InChI=1S/C18H27FN2.C4H4O4/c19-18-9-5-4-8-16(18)14-21(17-10-11-20-12-17)13-15-6-2-1-3-7-15;5-3(6)1-2-4(7)8/h4-5,8-9,15,17,20H,1-3,6-7,10-14H2;1-2H,(H,5,6)(H,7,8)/t17-;/m0./s1. The fourth-order valence-electron chi connectivity index (χ4n) is 3.98. The number of carboxylic acid groups (broad SMARTS) is 2. The van der Waals surface area contributed by atoms with Crippen LogP contribution >= 0.6 is 0 Å². The highest BCUT2D eigenvalue weighted by Crippen LogP contribution is 2.27. The highest BCUT2D eigenvalue weighted by atomic mass is 19.1. The van der Waals surface area contributed by atoms with Crippen molar-refractivity contribution < 1.29 is 24.2 Å². The minimum absolute atomic E-state index is 0.0582. The number of aliphatic carboxylic acids is 2. The Kier molecular flexibility index (Phi) is 9.80. The molecule has 0 aromatic heterocycles. The molecule has 2 aliphatic rings. The van der Waals surface area contributed by atoms with E-state index in [0.29, 0.717) is 18.2 Å². The molecule has 1 heterocycles. The van der Waals surface area contributed by atoms with Gasteiger partial charge in [-0.25, -0.2) is 14.0 Å². The van der Waals surface area contributed by atoms with Gasteiger partial charge in [0.1, 0.15) is 5.82 Å². The molecule has 6 nitrogen and oxygen atoms in total. The topological polar surface area (TPSA) is 89.9 Å². The minimum atomic E-state index is -1.26. The number of benzene rings is 1. The summed E-state index contributed by atoms with van der Waals surface area (Å²) >= 11 is 0. The minimum Gasteiger partial charge on any atom is -0.478 e. The number of hydrogen-bond acceptors (Lipinski definition) is 4. The van der Waals surface area contributed by atoms with Crippen LogP contribution in [0.2, 0.25) is 0 Å². The Hall–Kier alpha value is -2.25. The van der Waals surface area contributed by atoms with E-state index in [1.807, 2.05) is 12.1 Å². The van der Waals surface area contributed by atoms with Gasteiger partial charge in [0.25, 0.3) is 0 Å². The molecule has 0 unspecified atom stereocenters. The number of rotatable bonds is 7. The molecule has 0 radical (unpaired) electrons. The summed E-state index contributed by atoms with van der Waals surface area (Å²) < 4.78 is 14.0. The molecule has 2 fully saturated rings. The zero-order chi connectivity index (χ0) is 21.1. The first-order chi connectivity index (χ1) is 14.0. The molecule has 7 heteroatoms. The normalized spacial score (nSPS) is 19.9. The molecule has 1 aromatic carbocycles. The fraction of sp³-hybridized carbons (Fsp3) is 0.545. The second kappa shape index (κ2) is 12.3. The predicted octanol–water partition coefficient (Wildman–Crippen LogP) is 3.28. The lowest BCUT2D eigenvalue weighted by molar-refractivity contribution is -0.134. The van der Waals surface area contributed by atoms with Crippen molar-refractivity contribution in [2.45, 2.75) is 51.1 Å². The first-order valence-corrected chi connectivity index (χ1v) is 10.3. The van der Waals surface area contributed by atoms with Gasteiger partial charge in [-0.15, -0.1) is 0 Å². The molecular formula is C22H31FN2O4. The SMILES string of the molecule is Fc1ccccc1CN(CC1CCCCC1)[C@H]1CCNC1.O=C(O)C=CC(=O)O. The van der Waals surface area contributed by atoms with Crippen LogP contribution in [0.15, 0.2) is 36.4 Å². The molecule has 0 spiro atoms. The summed E-state index contributed by atoms with van der Waals surface area (Å²) in [4.78, 5) is 21.6. The van der Waals surface area contributed by atoms with Gasteiger partial charge in [-0.05, 0) is 37.8 Å². The van der Waals surface area contributed by atoms with Crippen molar-refractivity contribution in [3.8, 4) is 0 Å². The van der Waals surface area contributed by atoms with E-state index in [4.69, 9.17) is 10.2 Å². The van der Waals surface area contributed by atoms with Gasteiger partial charge in [0.15, 0.2) is 0 Å². The van der Waals surface area contributed by atoms with Crippen LogP contribution in [0.25, 0.3) is 0 Å². The molecule has 1 aromatic rings. The Labute approximate surface area is 171 Å². The van der Waals surface area contributed by atoms with Crippen LogP contribution in [-0.4, -0.2) is 52.7 Å². The Bertz CT molecular complexity index is 667. The number of carboxylic acids is 2. The zero-order valence-electron chi connectivity index (χ0n) is 16.7. The first-order valence-electron chi connectivity index (χ1n) is 10.3. The number of carbonyl (C=O) groups is 2. The molecule has 29 heavy (non-hydrogen) atoms. The van der Waals surface area contributed by atoms with Crippen LogP contribution < -0.4 is 5.32 Å². The van der Waals surface area contributed by atoms with Crippen molar-refractivity contribution in [2.75, 3.05) is 19.6 Å². The number of hydrogen-bond donors (Lipinski definition) is 3. The largest absolute Gasteiger partial charge is 0.478 e. The van der Waals surface area contributed by atoms with E-state index in [9.17, 15) is 14.0 Å². The second-order valence-corrected chi connectivity index (χ2v) is 7.68. The maximum Gasteiger partial charge on any atom is 0.328 e. The molecule has 3 rings (SSSR count). The maximum atomic E-state index is 14.0. The van der Waals surface area contributed by atoms with Crippen molar-refractivity contribution in [2.24, 2.45) is 5.92 Å². The summed E-state index contributed by atoms with van der Waals surface area (Å²) in [6.45, 7) is 4.06. The van der Waals surface area contributed by atoms with E-state index in [2.05, 4.69) is 10.2 Å². The second-order valence-electron chi connectivity index (χ2n) is 7.68. The Morgan fingerprint density at radius 3 is 2.28 bits per heavy atom. The van der Waals surface area contributed by atoms with Crippen molar-refractivity contribution in [3.63, 3.8) is 0 Å². The van der Waals surface area contributed by atoms with Crippen LogP contribution in [0.3, 0.4) is 0 Å². The van der Waals surface area contributed by atoms with Crippen LogP contribution in [0, 0.1) is 11.7 Å². The zero-order valence-corrected chi connectivity index (χ0v) is 16.7. The van der Waals surface area contributed by atoms with E-state index in [0.717, 1.165) is 37.7 Å². The third kappa shape index (κ3) is 8.75. The molecule has 1 saturated carbocycles. The molecule has 3 N–H and O–H groups in total. The van der Waals surface area contributed by atoms with Crippen LogP contribution in [0.4, 0.5) is 4.39 Å². The molecule has 0 amide bonds. The summed E-state index contributed by atoms with van der Waals surface area (Å²) in [5, 5.41) is 19.1. The molecule has 1 aliphatic heterocycles. The van der Waals surface area contributed by atoms with Gasteiger partial charge >= 0.3 is 11.9 Å². The summed E-state index contributed by atoms with van der Waals surface area (Å²) in [6, 6.07) is 7.82. The smallest absolute Gasteiger partial charge is 0.328 e. The van der Waals surface area contributed by atoms with E-state index in [-0.39, 0.29) is 5.82 Å². The number of halogens is 1. The van der Waals surface area contributed by atoms with Crippen LogP contribution in [0.5, 0.6) is 0 Å². The van der Waals surface area contributed by atoms with E-state index in [1.54, 1.807) is 12.1 Å².